The van der Waals surface area contributed by atoms with E-state index in [9.17, 15) is 0 Å². The first kappa shape index (κ1) is 12.3. The van der Waals surface area contributed by atoms with E-state index in [1.165, 1.54) is 34.6 Å². The van der Waals surface area contributed by atoms with Gasteiger partial charge in [-0.25, -0.2) is 0 Å². The average Bonchev–Trinajstić information content (AvgIpc) is 2.29. The minimum absolute atomic E-state index is 0.980. The molecule has 17 heavy (non-hydrogen) atoms. The zero-order chi connectivity index (χ0) is 12.1. The maximum atomic E-state index is 2.29. The van der Waals surface area contributed by atoms with Gasteiger partial charge < -0.3 is 0 Å². The summed E-state index contributed by atoms with van der Waals surface area (Å²) >= 11 is 0. The van der Waals surface area contributed by atoms with E-state index in [0.29, 0.717) is 0 Å². The normalized spacial score (nSPS) is 10.5. The van der Waals surface area contributed by atoms with Crippen LogP contribution in [-0.2, 0) is 12.3 Å². The molecule has 0 spiro atoms. The van der Waals surface area contributed by atoms with Crippen LogP contribution < -0.4 is 0 Å². The minimum Gasteiger partial charge on any atom is -0.113 e. The Balaban J connectivity index is 1.87. The molecule has 2 aromatic carbocycles. The Morgan fingerprint density at radius 3 is 1.65 bits per heavy atom. The van der Waals surface area contributed by atoms with Gasteiger partial charge in [-0.1, -0.05) is 59.7 Å². The van der Waals surface area contributed by atoms with E-state index in [1.54, 1.807) is 0 Å². The molecule has 0 nitrogen and oxygen atoms in total. The Kier molecular flexibility index (Phi) is 4.34. The van der Waals surface area contributed by atoms with Crippen molar-refractivity contribution in [3.8, 4) is 0 Å². The van der Waals surface area contributed by atoms with Gasteiger partial charge in [-0.15, -0.1) is 8.58 Å². The molecule has 0 radical (unpaired) electrons. The van der Waals surface area contributed by atoms with Crippen LogP contribution in [0.25, 0.3) is 0 Å². The first-order valence-electron chi connectivity index (χ1n) is 6.06. The van der Waals surface area contributed by atoms with E-state index < -0.39 is 0 Å². The lowest BCUT2D eigenvalue weighted by atomic mass is 10.2. The largest absolute Gasteiger partial charge is 0.113 e. The van der Waals surface area contributed by atoms with Crippen LogP contribution in [0.15, 0.2) is 48.5 Å². The van der Waals surface area contributed by atoms with Crippen molar-refractivity contribution in [1.82, 2.24) is 0 Å². The Labute approximate surface area is 106 Å². The standard InChI is InChI=1S/C16H19P/c1-13-5-3-7-15(9-13)11-17-12-16-8-4-6-14(2)10-16/h3-10,17H,11-12H2,1-2H3. The smallest absolute Gasteiger partial charge is 0.00975 e. The molecule has 0 aliphatic carbocycles. The zero-order valence-electron chi connectivity index (χ0n) is 10.5. The predicted octanol–water partition coefficient (Wildman–Crippen LogP) is 4.68. The van der Waals surface area contributed by atoms with Gasteiger partial charge in [-0.2, -0.15) is 0 Å². The molecule has 0 N–H and O–H groups in total. The fourth-order valence-corrected chi connectivity index (χ4v) is 3.14. The van der Waals surface area contributed by atoms with Crippen LogP contribution in [0.3, 0.4) is 0 Å². The van der Waals surface area contributed by atoms with Gasteiger partial charge >= 0.3 is 0 Å². The zero-order valence-corrected chi connectivity index (χ0v) is 11.5. The van der Waals surface area contributed by atoms with E-state index in [-0.39, 0.29) is 0 Å². The van der Waals surface area contributed by atoms with E-state index in [2.05, 4.69) is 62.4 Å². The number of aryl methyl sites for hydroxylation is 2. The third-order valence-electron chi connectivity index (χ3n) is 2.82. The van der Waals surface area contributed by atoms with E-state index in [4.69, 9.17) is 0 Å². The summed E-state index contributed by atoms with van der Waals surface area (Å²) in [5.41, 5.74) is 5.66. The molecule has 88 valence electrons. The van der Waals surface area contributed by atoms with Crippen LogP contribution in [0.4, 0.5) is 0 Å². The summed E-state index contributed by atoms with van der Waals surface area (Å²) in [6.07, 6.45) is 2.41. The predicted molar refractivity (Wildman–Crippen MR) is 78.1 cm³/mol. The molecule has 0 saturated carbocycles. The van der Waals surface area contributed by atoms with Crippen molar-refractivity contribution in [1.29, 1.82) is 0 Å². The number of hydrogen-bond acceptors (Lipinski definition) is 0. The van der Waals surface area contributed by atoms with Crippen molar-refractivity contribution in [2.45, 2.75) is 26.2 Å². The summed E-state index contributed by atoms with van der Waals surface area (Å²) in [4.78, 5) is 0. The van der Waals surface area contributed by atoms with Gasteiger partial charge in [0.15, 0.2) is 0 Å². The Morgan fingerprint density at radius 2 is 1.24 bits per heavy atom. The summed E-state index contributed by atoms with van der Waals surface area (Å²) in [5, 5.41) is 0. The van der Waals surface area contributed by atoms with E-state index in [1.807, 2.05) is 0 Å². The van der Waals surface area contributed by atoms with Gasteiger partial charge in [0, 0.05) is 0 Å². The fourth-order valence-electron chi connectivity index (χ4n) is 2.00. The minimum atomic E-state index is 0.980. The quantitative estimate of drug-likeness (QED) is 0.683. The molecular formula is C16H19P. The van der Waals surface area contributed by atoms with Crippen LogP contribution in [0.2, 0.25) is 0 Å². The highest BCUT2D eigenvalue weighted by Crippen LogP contribution is 2.24. The molecule has 1 heteroatoms. The third-order valence-corrected chi connectivity index (χ3v) is 4.14. The molecule has 0 aromatic heterocycles. The SMILES string of the molecule is Cc1cccc(CPCc2cccc(C)c2)c1. The topological polar surface area (TPSA) is 0 Å². The van der Waals surface area contributed by atoms with Gasteiger partial charge in [-0.3, -0.25) is 0 Å². The molecule has 0 atom stereocenters. The van der Waals surface area contributed by atoms with Crippen LogP contribution in [-0.4, -0.2) is 0 Å². The lowest BCUT2D eigenvalue weighted by Gasteiger charge is -2.04. The Bertz CT molecular complexity index is 443. The fraction of sp³-hybridized carbons (Fsp3) is 0.250. The maximum absolute atomic E-state index is 2.29. The van der Waals surface area contributed by atoms with Crippen molar-refractivity contribution in [3.05, 3.63) is 70.8 Å². The van der Waals surface area contributed by atoms with Crippen LogP contribution >= 0.6 is 8.58 Å². The molecule has 0 saturated heterocycles. The van der Waals surface area contributed by atoms with E-state index >= 15 is 0 Å². The summed E-state index contributed by atoms with van der Waals surface area (Å²) < 4.78 is 0. The van der Waals surface area contributed by atoms with Gasteiger partial charge in [0.05, 0.1) is 0 Å². The first-order chi connectivity index (χ1) is 8.24. The van der Waals surface area contributed by atoms with Crippen LogP contribution in [0.1, 0.15) is 22.3 Å². The summed E-state index contributed by atoms with van der Waals surface area (Å²) in [5.74, 6) is 0. The monoisotopic (exact) mass is 242 g/mol. The number of benzene rings is 2. The van der Waals surface area contributed by atoms with Gasteiger partial charge in [0.2, 0.25) is 0 Å². The molecular weight excluding hydrogens is 223 g/mol. The molecule has 2 rings (SSSR count). The van der Waals surface area contributed by atoms with Crippen molar-refractivity contribution in [2.75, 3.05) is 0 Å². The third kappa shape index (κ3) is 3.98. The molecule has 0 fully saturated rings. The molecule has 0 aliphatic heterocycles. The second-order valence-corrected chi connectivity index (χ2v) is 5.79. The lowest BCUT2D eigenvalue weighted by molar-refractivity contribution is 1.31. The number of hydrogen-bond donors (Lipinski definition) is 0. The highest BCUT2D eigenvalue weighted by Gasteiger charge is 1.96. The molecule has 0 heterocycles. The highest BCUT2D eigenvalue weighted by atomic mass is 31.1. The van der Waals surface area contributed by atoms with Crippen molar-refractivity contribution in [3.63, 3.8) is 0 Å². The molecule has 0 bridgehead atoms. The van der Waals surface area contributed by atoms with Gasteiger partial charge in [0.1, 0.15) is 0 Å². The first-order valence-corrected chi connectivity index (χ1v) is 7.47. The van der Waals surface area contributed by atoms with Gasteiger partial charge in [0.25, 0.3) is 0 Å². The maximum Gasteiger partial charge on any atom is -0.00975 e. The number of rotatable bonds is 4. The van der Waals surface area contributed by atoms with Crippen molar-refractivity contribution >= 4 is 8.58 Å². The van der Waals surface area contributed by atoms with Crippen molar-refractivity contribution < 1.29 is 0 Å². The summed E-state index contributed by atoms with van der Waals surface area (Å²) in [6, 6.07) is 17.7. The average molecular weight is 242 g/mol. The van der Waals surface area contributed by atoms with Crippen molar-refractivity contribution in [2.24, 2.45) is 0 Å². The second kappa shape index (κ2) is 5.98. The molecule has 0 aliphatic rings. The highest BCUT2D eigenvalue weighted by molar-refractivity contribution is 7.36. The van der Waals surface area contributed by atoms with Gasteiger partial charge in [-0.05, 0) is 37.3 Å². The summed E-state index contributed by atoms with van der Waals surface area (Å²) in [7, 11) is 0.980. The lowest BCUT2D eigenvalue weighted by Crippen LogP contribution is -1.83. The Morgan fingerprint density at radius 1 is 0.765 bits per heavy atom. The second-order valence-electron chi connectivity index (χ2n) is 4.58. The molecule has 0 unspecified atom stereocenters. The van der Waals surface area contributed by atoms with E-state index in [0.717, 1.165) is 8.58 Å². The Hall–Kier alpha value is -1.13. The van der Waals surface area contributed by atoms with Crippen LogP contribution in [0.5, 0.6) is 0 Å². The summed E-state index contributed by atoms with van der Waals surface area (Å²) in [6.45, 7) is 4.32. The molecule has 2 aromatic rings. The molecule has 0 amide bonds. The van der Waals surface area contributed by atoms with Crippen LogP contribution in [0, 0.1) is 13.8 Å².